The van der Waals surface area contributed by atoms with E-state index in [2.05, 4.69) is 32.6 Å². The lowest BCUT2D eigenvalue weighted by Gasteiger charge is -2.44. The van der Waals surface area contributed by atoms with Crippen LogP contribution in [0.3, 0.4) is 0 Å². The van der Waals surface area contributed by atoms with Crippen LogP contribution < -0.4 is 0 Å². The van der Waals surface area contributed by atoms with E-state index in [1.165, 1.54) is 12.0 Å². The van der Waals surface area contributed by atoms with Gasteiger partial charge in [-0.2, -0.15) is 0 Å². The number of aliphatic hydroxyl groups is 2. The molecule has 0 unspecified atom stereocenters. The Balaban J connectivity index is 1.70. The van der Waals surface area contributed by atoms with E-state index in [9.17, 15) is 19.8 Å². The molecule has 3 rings (SSSR count). The van der Waals surface area contributed by atoms with Gasteiger partial charge in [-0.15, -0.1) is 0 Å². The number of hydrogen-bond donors (Lipinski definition) is 2. The zero-order chi connectivity index (χ0) is 27.4. The van der Waals surface area contributed by atoms with Crippen LogP contribution in [0.4, 0.5) is 0 Å². The molecule has 0 saturated heterocycles. The maximum absolute atomic E-state index is 12.9. The molecule has 0 aromatic carbocycles. The topological polar surface area (TPSA) is 83.8 Å². The van der Waals surface area contributed by atoms with Gasteiger partial charge in [-0.25, -0.2) is 0 Å². The van der Waals surface area contributed by atoms with Gasteiger partial charge in [0.25, 0.3) is 0 Å². The number of unbranched alkanes of at least 4 members (excludes halogenated alkanes) is 1. The van der Waals surface area contributed by atoms with E-state index in [0.29, 0.717) is 31.3 Å². The van der Waals surface area contributed by atoms with Crippen LogP contribution in [0.25, 0.3) is 0 Å². The second kappa shape index (κ2) is 12.3. The summed E-state index contributed by atoms with van der Waals surface area (Å²) >= 11 is 0. The number of hydrogen-bond acceptors (Lipinski definition) is 5. The van der Waals surface area contributed by atoms with Crippen molar-refractivity contribution in [3.05, 3.63) is 47.6 Å². The normalized spacial score (nSPS) is 33.6. The maximum Gasteiger partial charge on any atom is 0.319 e. The number of aliphatic hydroxyl groups excluding tert-OH is 2. The molecule has 5 heteroatoms. The third kappa shape index (κ3) is 6.54. The van der Waals surface area contributed by atoms with Crippen molar-refractivity contribution < 1.29 is 24.5 Å². The van der Waals surface area contributed by atoms with Gasteiger partial charge in [-0.1, -0.05) is 57.6 Å². The van der Waals surface area contributed by atoms with Gasteiger partial charge in [0.1, 0.15) is 5.41 Å². The third-order valence-corrected chi connectivity index (χ3v) is 9.35. The van der Waals surface area contributed by atoms with E-state index < -0.39 is 23.6 Å². The van der Waals surface area contributed by atoms with Gasteiger partial charge in [0.15, 0.2) is 5.78 Å². The Labute approximate surface area is 223 Å². The molecule has 0 radical (unpaired) electrons. The lowest BCUT2D eigenvalue weighted by molar-refractivity contribution is -0.157. The molecule has 0 spiro atoms. The summed E-state index contributed by atoms with van der Waals surface area (Å²) < 4.78 is 5.32. The first-order valence-corrected chi connectivity index (χ1v) is 14.3. The van der Waals surface area contributed by atoms with Gasteiger partial charge in [0.2, 0.25) is 0 Å². The molecular weight excluding hydrogens is 464 g/mol. The van der Waals surface area contributed by atoms with Gasteiger partial charge in [-0.3, -0.25) is 9.59 Å². The number of fused-ring (bicyclic) bond motifs is 1. The summed E-state index contributed by atoms with van der Waals surface area (Å²) in [4.78, 5) is 25.4. The number of ketones is 1. The molecule has 0 aromatic heterocycles. The van der Waals surface area contributed by atoms with Gasteiger partial charge in [0.05, 0.1) is 18.8 Å². The standard InChI is InChI=1S/C32H48O5/c1-7-8-18-37-30(36)31(4,5)29(35)16-11-21(2)26-14-15-27-23(10-9-17-32(26,27)6)12-13-24-19-25(33)20-28(34)22(24)3/h11-13,16,21,25-28,33-34H,3,7-10,14-15,17-20H2,1-2,4-6H3/b16-11+,23-12+,24-13-/t21-,25-,26-,27+,28+,32-/m1/s1. The van der Waals surface area contributed by atoms with E-state index in [-0.39, 0.29) is 17.1 Å². The van der Waals surface area contributed by atoms with Crippen molar-refractivity contribution in [2.45, 2.75) is 105 Å². The second-order valence-electron chi connectivity index (χ2n) is 12.4. The molecule has 3 aliphatic carbocycles. The zero-order valence-corrected chi connectivity index (χ0v) is 23.6. The van der Waals surface area contributed by atoms with E-state index in [1.54, 1.807) is 19.9 Å². The Bertz CT molecular complexity index is 954. The predicted molar refractivity (Wildman–Crippen MR) is 148 cm³/mol. The quantitative estimate of drug-likeness (QED) is 0.165. The molecule has 37 heavy (non-hydrogen) atoms. The molecule has 0 heterocycles. The summed E-state index contributed by atoms with van der Waals surface area (Å²) in [5.74, 6) is 0.533. The first-order valence-electron chi connectivity index (χ1n) is 14.3. The second-order valence-corrected chi connectivity index (χ2v) is 12.4. The average molecular weight is 513 g/mol. The summed E-state index contributed by atoms with van der Waals surface area (Å²) in [5, 5.41) is 20.3. The van der Waals surface area contributed by atoms with Crippen LogP contribution >= 0.6 is 0 Å². The smallest absolute Gasteiger partial charge is 0.319 e. The molecule has 0 bridgehead atoms. The van der Waals surface area contributed by atoms with Crippen LogP contribution in [0.2, 0.25) is 0 Å². The van der Waals surface area contributed by atoms with Crippen LogP contribution in [-0.2, 0) is 14.3 Å². The maximum atomic E-state index is 12.9. The number of ether oxygens (including phenoxy) is 1. The highest BCUT2D eigenvalue weighted by molar-refractivity contribution is 6.08. The molecule has 0 aliphatic heterocycles. The Morgan fingerprint density at radius 3 is 2.68 bits per heavy atom. The minimum Gasteiger partial charge on any atom is -0.465 e. The van der Waals surface area contributed by atoms with E-state index in [4.69, 9.17) is 4.74 Å². The lowest BCUT2D eigenvalue weighted by Crippen LogP contribution is -2.36. The van der Waals surface area contributed by atoms with Gasteiger partial charge in [-0.05, 0) is 99.2 Å². The van der Waals surface area contributed by atoms with Crippen molar-refractivity contribution in [1.82, 2.24) is 0 Å². The Kier molecular flexibility index (Phi) is 9.79. The van der Waals surface area contributed by atoms with Crippen molar-refractivity contribution in [3.63, 3.8) is 0 Å². The minimum atomic E-state index is -1.18. The largest absolute Gasteiger partial charge is 0.465 e. The summed E-state index contributed by atoms with van der Waals surface area (Å²) in [6.45, 7) is 14.3. The first-order chi connectivity index (χ1) is 17.4. The number of allylic oxidation sites excluding steroid dienone is 5. The molecule has 206 valence electrons. The third-order valence-electron chi connectivity index (χ3n) is 9.35. The Morgan fingerprint density at radius 2 is 1.97 bits per heavy atom. The number of carbonyl (C=O) groups is 2. The highest BCUT2D eigenvalue weighted by Gasteiger charge is 2.50. The minimum absolute atomic E-state index is 0.159. The average Bonchev–Trinajstić information content (AvgIpc) is 3.21. The summed E-state index contributed by atoms with van der Waals surface area (Å²) in [6.07, 6.45) is 15.0. The predicted octanol–water partition coefficient (Wildman–Crippen LogP) is 6.26. The van der Waals surface area contributed by atoms with E-state index in [1.807, 2.05) is 13.0 Å². The van der Waals surface area contributed by atoms with Crippen LogP contribution in [0.15, 0.2) is 47.6 Å². The Morgan fingerprint density at radius 1 is 1.24 bits per heavy atom. The summed E-state index contributed by atoms with van der Waals surface area (Å²) in [7, 11) is 0. The van der Waals surface area contributed by atoms with E-state index in [0.717, 1.165) is 49.7 Å². The zero-order valence-electron chi connectivity index (χ0n) is 23.6. The van der Waals surface area contributed by atoms with Gasteiger partial charge >= 0.3 is 5.97 Å². The van der Waals surface area contributed by atoms with Crippen molar-refractivity contribution in [3.8, 4) is 0 Å². The highest BCUT2D eigenvalue weighted by atomic mass is 16.5. The SMILES string of the molecule is C=C1/C(=C\C=C2/CCC[C@]3(C)[C@@H]([C@H](C)/C=C/C(=O)C(C)(C)C(=O)OCCCC)CC[C@@H]23)C[C@@H](O)C[C@@H]1O. The van der Waals surface area contributed by atoms with Gasteiger partial charge < -0.3 is 14.9 Å². The molecule has 3 fully saturated rings. The van der Waals surface area contributed by atoms with Crippen LogP contribution in [0, 0.1) is 28.6 Å². The van der Waals surface area contributed by atoms with E-state index >= 15 is 0 Å². The summed E-state index contributed by atoms with van der Waals surface area (Å²) in [6, 6.07) is 0. The molecule has 2 N–H and O–H groups in total. The fraction of sp³-hybridized carbons (Fsp3) is 0.688. The molecule has 3 aliphatic rings. The summed E-state index contributed by atoms with van der Waals surface area (Å²) in [5.41, 5.74) is 2.11. The number of rotatable bonds is 9. The fourth-order valence-corrected chi connectivity index (χ4v) is 6.78. The molecule has 5 nitrogen and oxygen atoms in total. The molecular formula is C32H48O5. The molecule has 6 atom stereocenters. The highest BCUT2D eigenvalue weighted by Crippen LogP contribution is 2.59. The van der Waals surface area contributed by atoms with Crippen LogP contribution in [0.5, 0.6) is 0 Å². The van der Waals surface area contributed by atoms with Crippen LogP contribution in [0.1, 0.15) is 92.4 Å². The molecule has 0 aromatic rings. The Hall–Kier alpha value is -1.98. The monoisotopic (exact) mass is 512 g/mol. The number of esters is 1. The van der Waals surface area contributed by atoms with Crippen molar-refractivity contribution in [2.75, 3.05) is 6.61 Å². The first kappa shape index (κ1) is 29.6. The lowest BCUT2D eigenvalue weighted by atomic mass is 9.61. The fourth-order valence-electron chi connectivity index (χ4n) is 6.78. The van der Waals surface area contributed by atoms with Gasteiger partial charge in [0, 0.05) is 6.42 Å². The number of carbonyl (C=O) groups excluding carboxylic acids is 2. The van der Waals surface area contributed by atoms with Crippen molar-refractivity contribution in [2.24, 2.45) is 28.6 Å². The molecule has 3 saturated carbocycles. The van der Waals surface area contributed by atoms with Crippen molar-refractivity contribution >= 4 is 11.8 Å². The van der Waals surface area contributed by atoms with Crippen LogP contribution in [-0.4, -0.2) is 40.8 Å². The molecule has 0 amide bonds. The van der Waals surface area contributed by atoms with Crippen molar-refractivity contribution in [1.29, 1.82) is 0 Å².